The average molecular weight is 295 g/mol. The van der Waals surface area contributed by atoms with Gasteiger partial charge in [0.1, 0.15) is 23.3 Å². The molecule has 1 aliphatic rings. The molecule has 0 bridgehead atoms. The van der Waals surface area contributed by atoms with Crippen LogP contribution in [-0.4, -0.2) is 5.88 Å². The van der Waals surface area contributed by atoms with Gasteiger partial charge in [0.25, 0.3) is 0 Å². The zero-order valence-electron chi connectivity index (χ0n) is 10.9. The van der Waals surface area contributed by atoms with Crippen LogP contribution in [0.4, 0.5) is 8.78 Å². The van der Waals surface area contributed by atoms with Gasteiger partial charge in [-0.1, -0.05) is 24.3 Å². The van der Waals surface area contributed by atoms with Crippen LogP contribution in [0.3, 0.4) is 0 Å². The van der Waals surface area contributed by atoms with Crippen LogP contribution in [0.25, 0.3) is 0 Å². The number of benzene rings is 2. The number of aryl methyl sites for hydroxylation is 1. The highest BCUT2D eigenvalue weighted by Crippen LogP contribution is 2.58. The molecule has 2 atom stereocenters. The first-order chi connectivity index (χ1) is 9.56. The summed E-state index contributed by atoms with van der Waals surface area (Å²) in [7, 11) is 0. The van der Waals surface area contributed by atoms with E-state index in [1.807, 2.05) is 31.2 Å². The molecule has 4 heteroatoms. The normalized spacial score (nSPS) is 24.7. The zero-order chi connectivity index (χ0) is 14.3. The predicted octanol–water partition coefficient (Wildman–Crippen LogP) is 4.48. The first-order valence-corrected chi connectivity index (χ1v) is 6.86. The molecule has 0 N–H and O–H groups in total. The second kappa shape index (κ2) is 4.83. The van der Waals surface area contributed by atoms with Crippen LogP contribution in [0.5, 0.6) is 0 Å². The summed E-state index contributed by atoms with van der Waals surface area (Å²) in [5, 5.41) is 0. The molecule has 0 aliphatic carbocycles. The minimum atomic E-state index is -0.837. The van der Waals surface area contributed by atoms with Gasteiger partial charge in [-0.2, -0.15) is 0 Å². The Balaban J connectivity index is 2.02. The van der Waals surface area contributed by atoms with Crippen molar-refractivity contribution in [2.75, 3.05) is 5.88 Å². The topological polar surface area (TPSA) is 12.5 Å². The second-order valence-electron chi connectivity index (χ2n) is 5.04. The highest BCUT2D eigenvalue weighted by Gasteiger charge is 2.58. The van der Waals surface area contributed by atoms with Crippen molar-refractivity contribution in [3.05, 3.63) is 70.8 Å². The van der Waals surface area contributed by atoms with Gasteiger partial charge in [-0.3, -0.25) is 0 Å². The number of ether oxygens (including phenoxy) is 1. The van der Waals surface area contributed by atoms with E-state index in [1.54, 1.807) is 0 Å². The van der Waals surface area contributed by atoms with Crippen LogP contribution in [0.1, 0.15) is 22.8 Å². The van der Waals surface area contributed by atoms with Crippen LogP contribution < -0.4 is 0 Å². The minimum Gasteiger partial charge on any atom is -0.355 e. The molecule has 2 aromatic carbocycles. The van der Waals surface area contributed by atoms with Crippen LogP contribution in [0.15, 0.2) is 42.5 Å². The summed E-state index contributed by atoms with van der Waals surface area (Å²) in [6.07, 6.45) is -0.262. The van der Waals surface area contributed by atoms with E-state index >= 15 is 0 Å². The molecule has 0 spiro atoms. The number of hydrogen-bond donors (Lipinski definition) is 0. The Kier molecular flexibility index (Phi) is 3.27. The van der Waals surface area contributed by atoms with Crippen molar-refractivity contribution in [1.29, 1.82) is 0 Å². The van der Waals surface area contributed by atoms with E-state index in [0.29, 0.717) is 5.56 Å². The summed E-state index contributed by atoms with van der Waals surface area (Å²) in [5.41, 5.74) is 1.67. The third-order valence-corrected chi connectivity index (χ3v) is 4.11. The van der Waals surface area contributed by atoms with Crippen molar-refractivity contribution in [1.82, 2.24) is 0 Å². The van der Waals surface area contributed by atoms with E-state index in [2.05, 4.69) is 0 Å². The first-order valence-electron chi connectivity index (χ1n) is 6.33. The lowest BCUT2D eigenvalue weighted by molar-refractivity contribution is 0.314. The maximum Gasteiger partial charge on any atom is 0.138 e. The monoisotopic (exact) mass is 294 g/mol. The molecule has 2 aromatic rings. The zero-order valence-corrected chi connectivity index (χ0v) is 11.6. The molecule has 0 aromatic heterocycles. The Hall–Kier alpha value is -1.45. The standard InChI is InChI=1S/C16H13ClF2O/c1-10-4-2-3-5-14(10)15-16(9-17,20-15)11-6-12(18)8-13(19)7-11/h2-8,15H,9H2,1H3. The lowest BCUT2D eigenvalue weighted by Gasteiger charge is -2.11. The molecule has 3 rings (SSSR count). The number of alkyl halides is 1. The van der Waals surface area contributed by atoms with E-state index in [4.69, 9.17) is 16.3 Å². The molecule has 1 nitrogen and oxygen atoms in total. The van der Waals surface area contributed by atoms with Gasteiger partial charge in [-0.15, -0.1) is 11.6 Å². The van der Waals surface area contributed by atoms with Crippen molar-refractivity contribution in [2.45, 2.75) is 18.6 Å². The summed E-state index contributed by atoms with van der Waals surface area (Å²) in [4.78, 5) is 0. The molecule has 1 fully saturated rings. The van der Waals surface area contributed by atoms with Gasteiger partial charge in [0.05, 0.1) is 5.88 Å². The Bertz CT molecular complexity index is 638. The molecule has 0 amide bonds. The Labute approximate surface area is 121 Å². The van der Waals surface area contributed by atoms with E-state index in [0.717, 1.165) is 17.2 Å². The first kappa shape index (κ1) is 13.5. The number of hydrogen-bond acceptors (Lipinski definition) is 1. The van der Waals surface area contributed by atoms with Gasteiger partial charge in [0, 0.05) is 6.07 Å². The van der Waals surface area contributed by atoms with E-state index < -0.39 is 17.2 Å². The summed E-state index contributed by atoms with van der Waals surface area (Å²) in [6.45, 7) is 1.97. The fraction of sp³-hybridized carbons (Fsp3) is 0.250. The third-order valence-electron chi connectivity index (χ3n) is 3.72. The van der Waals surface area contributed by atoms with Gasteiger partial charge >= 0.3 is 0 Å². The predicted molar refractivity (Wildman–Crippen MR) is 73.8 cm³/mol. The number of halogens is 3. The Morgan fingerprint density at radius 1 is 1.15 bits per heavy atom. The molecular formula is C16H13ClF2O. The van der Waals surface area contributed by atoms with E-state index in [1.165, 1.54) is 12.1 Å². The molecule has 104 valence electrons. The fourth-order valence-electron chi connectivity index (χ4n) is 2.57. The lowest BCUT2D eigenvalue weighted by Crippen LogP contribution is -2.13. The summed E-state index contributed by atoms with van der Waals surface area (Å²) < 4.78 is 32.5. The summed E-state index contributed by atoms with van der Waals surface area (Å²) >= 11 is 6.02. The number of epoxide rings is 1. The number of rotatable bonds is 3. The molecule has 2 unspecified atom stereocenters. The smallest absolute Gasteiger partial charge is 0.138 e. The van der Waals surface area contributed by atoms with Crippen LogP contribution in [0, 0.1) is 18.6 Å². The maximum atomic E-state index is 13.4. The SMILES string of the molecule is Cc1ccccc1C1OC1(CCl)c1cc(F)cc(F)c1. The summed E-state index contributed by atoms with van der Waals surface area (Å²) in [6, 6.07) is 11.2. The van der Waals surface area contributed by atoms with E-state index in [9.17, 15) is 8.78 Å². The van der Waals surface area contributed by atoms with Crippen molar-refractivity contribution in [3.8, 4) is 0 Å². The molecule has 1 aliphatic heterocycles. The Morgan fingerprint density at radius 3 is 2.40 bits per heavy atom. The van der Waals surface area contributed by atoms with Crippen molar-refractivity contribution < 1.29 is 13.5 Å². The van der Waals surface area contributed by atoms with Gasteiger partial charge in [-0.05, 0) is 35.7 Å². The van der Waals surface area contributed by atoms with Gasteiger partial charge in [-0.25, -0.2) is 8.78 Å². The van der Waals surface area contributed by atoms with Crippen molar-refractivity contribution in [2.24, 2.45) is 0 Å². The van der Waals surface area contributed by atoms with Crippen LogP contribution in [-0.2, 0) is 10.3 Å². The third kappa shape index (κ3) is 2.11. The largest absolute Gasteiger partial charge is 0.355 e. The van der Waals surface area contributed by atoms with Gasteiger partial charge in [0.15, 0.2) is 0 Å². The molecular weight excluding hydrogens is 282 g/mol. The lowest BCUT2D eigenvalue weighted by atomic mass is 9.91. The highest BCUT2D eigenvalue weighted by atomic mass is 35.5. The molecule has 0 saturated carbocycles. The average Bonchev–Trinajstić information content (AvgIpc) is 3.14. The minimum absolute atomic E-state index is 0.148. The Morgan fingerprint density at radius 2 is 1.80 bits per heavy atom. The fourth-order valence-corrected chi connectivity index (χ4v) is 2.93. The van der Waals surface area contributed by atoms with Crippen LogP contribution >= 0.6 is 11.6 Å². The van der Waals surface area contributed by atoms with Crippen molar-refractivity contribution in [3.63, 3.8) is 0 Å². The molecule has 0 radical (unpaired) electrons. The van der Waals surface area contributed by atoms with Crippen LogP contribution in [0.2, 0.25) is 0 Å². The van der Waals surface area contributed by atoms with E-state index in [-0.39, 0.29) is 12.0 Å². The second-order valence-corrected chi connectivity index (χ2v) is 5.30. The summed E-state index contributed by atoms with van der Waals surface area (Å²) in [5.74, 6) is -1.10. The highest BCUT2D eigenvalue weighted by molar-refractivity contribution is 6.18. The molecule has 20 heavy (non-hydrogen) atoms. The van der Waals surface area contributed by atoms with Crippen molar-refractivity contribution >= 4 is 11.6 Å². The quantitative estimate of drug-likeness (QED) is 0.601. The molecule has 1 heterocycles. The molecule has 1 saturated heterocycles. The van der Waals surface area contributed by atoms with Gasteiger partial charge < -0.3 is 4.74 Å². The maximum absolute atomic E-state index is 13.4. The van der Waals surface area contributed by atoms with Gasteiger partial charge in [0.2, 0.25) is 0 Å².